The summed E-state index contributed by atoms with van der Waals surface area (Å²) in [4.78, 5) is 0. The molecule has 0 aromatic heterocycles. The Morgan fingerprint density at radius 3 is 2.42 bits per heavy atom. The van der Waals surface area contributed by atoms with Crippen molar-refractivity contribution in [3.8, 4) is 5.75 Å². The second-order valence-electron chi connectivity index (χ2n) is 6.79. The predicted molar refractivity (Wildman–Crippen MR) is 103 cm³/mol. The molecule has 4 heteroatoms. The lowest BCUT2D eigenvalue weighted by Crippen LogP contribution is -2.13. The Bertz CT molecular complexity index is 765. The number of hydrogen-bond acceptors (Lipinski definition) is 4. The minimum Gasteiger partial charge on any atom is -0.489 e. The number of ether oxygens (including phenoxy) is 1. The van der Waals surface area contributed by atoms with E-state index in [9.17, 15) is 5.11 Å². The van der Waals surface area contributed by atoms with Crippen LogP contribution in [-0.4, -0.2) is 20.9 Å². The molecular formula is C22H26O4. The van der Waals surface area contributed by atoms with E-state index in [-0.39, 0.29) is 0 Å². The molecule has 0 unspecified atom stereocenters. The molecule has 0 aliphatic carbocycles. The van der Waals surface area contributed by atoms with E-state index < -0.39 is 11.9 Å². The van der Waals surface area contributed by atoms with Crippen molar-refractivity contribution in [2.24, 2.45) is 0 Å². The molecule has 0 atom stereocenters. The lowest BCUT2D eigenvalue weighted by Gasteiger charge is -2.10. The van der Waals surface area contributed by atoms with Crippen LogP contribution in [0.4, 0.5) is 0 Å². The van der Waals surface area contributed by atoms with Gasteiger partial charge in [0.15, 0.2) is 6.29 Å². The van der Waals surface area contributed by atoms with E-state index in [1.54, 1.807) is 44.2 Å². The summed E-state index contributed by atoms with van der Waals surface area (Å²) in [5, 5.41) is 27.9. The number of aliphatic hydroxyl groups excluding tert-OH is 1. The van der Waals surface area contributed by atoms with Gasteiger partial charge in [0, 0.05) is 5.56 Å². The van der Waals surface area contributed by atoms with Crippen molar-refractivity contribution in [1.29, 1.82) is 0 Å². The molecule has 4 nitrogen and oxygen atoms in total. The summed E-state index contributed by atoms with van der Waals surface area (Å²) < 4.78 is 5.76. The molecule has 0 spiro atoms. The van der Waals surface area contributed by atoms with Crippen LogP contribution < -0.4 is 4.74 Å². The van der Waals surface area contributed by atoms with Crippen LogP contribution in [0.5, 0.6) is 5.75 Å². The van der Waals surface area contributed by atoms with Gasteiger partial charge in [-0.15, -0.1) is 0 Å². The highest BCUT2D eigenvalue weighted by atomic mass is 16.5. The van der Waals surface area contributed by atoms with E-state index in [1.807, 2.05) is 37.3 Å². The highest BCUT2D eigenvalue weighted by Gasteiger charge is 2.05. The van der Waals surface area contributed by atoms with Gasteiger partial charge in [0.1, 0.15) is 12.4 Å². The first-order valence-electron chi connectivity index (χ1n) is 8.51. The number of aliphatic hydroxyl groups is 3. The maximum atomic E-state index is 9.71. The quantitative estimate of drug-likeness (QED) is 0.520. The van der Waals surface area contributed by atoms with Gasteiger partial charge in [-0.25, -0.2) is 0 Å². The summed E-state index contributed by atoms with van der Waals surface area (Å²) >= 11 is 0. The molecule has 0 heterocycles. The van der Waals surface area contributed by atoms with Crippen molar-refractivity contribution >= 4 is 5.57 Å². The highest BCUT2D eigenvalue weighted by Crippen LogP contribution is 2.20. The maximum Gasteiger partial charge on any atom is 0.178 e. The first kappa shape index (κ1) is 19.9. The number of benzene rings is 2. The highest BCUT2D eigenvalue weighted by molar-refractivity contribution is 5.65. The van der Waals surface area contributed by atoms with Gasteiger partial charge in [-0.3, -0.25) is 0 Å². The molecule has 2 rings (SSSR count). The molecule has 0 radical (unpaired) electrons. The van der Waals surface area contributed by atoms with E-state index in [1.165, 1.54) is 0 Å². The minimum absolute atomic E-state index is 0.418. The van der Waals surface area contributed by atoms with Crippen LogP contribution in [0, 0.1) is 0 Å². The molecule has 0 bridgehead atoms. The maximum absolute atomic E-state index is 9.71. The van der Waals surface area contributed by atoms with Gasteiger partial charge >= 0.3 is 0 Å². The number of hydrogen-bond donors (Lipinski definition) is 3. The summed E-state index contributed by atoms with van der Waals surface area (Å²) in [6.45, 7) is 5.91. The Morgan fingerprint density at radius 1 is 1.12 bits per heavy atom. The fourth-order valence-electron chi connectivity index (χ4n) is 2.33. The Morgan fingerprint density at radius 2 is 1.81 bits per heavy atom. The summed E-state index contributed by atoms with van der Waals surface area (Å²) in [6, 6.07) is 14.7. The number of allylic oxidation sites excluding steroid dienone is 3. The second kappa shape index (κ2) is 8.81. The lowest BCUT2D eigenvalue weighted by atomic mass is 10.0. The van der Waals surface area contributed by atoms with Crippen molar-refractivity contribution in [2.75, 3.05) is 0 Å². The monoisotopic (exact) mass is 354 g/mol. The van der Waals surface area contributed by atoms with Gasteiger partial charge in [-0.1, -0.05) is 48.6 Å². The minimum atomic E-state index is -1.47. The topological polar surface area (TPSA) is 69.9 Å². The standard InChI is InChI=1S/C22H26O4/c1-16(6-5-13-22(2,3)25)19-8-4-7-17(14-19)15-26-20-11-9-18(10-12-20)21(23)24/h4-14,21,23-25H,15H2,1-3H3. The SMILES string of the molecule is CC(=CC=CC(C)(C)O)c1cccc(COc2ccc(C(O)O)cc2)c1. The summed E-state index contributed by atoms with van der Waals surface area (Å²) in [5.74, 6) is 0.667. The van der Waals surface area contributed by atoms with Gasteiger partial charge in [0.05, 0.1) is 5.60 Å². The molecule has 0 fully saturated rings. The van der Waals surface area contributed by atoms with Crippen LogP contribution in [0.3, 0.4) is 0 Å². The molecule has 0 aliphatic heterocycles. The molecule has 2 aromatic carbocycles. The zero-order valence-electron chi connectivity index (χ0n) is 15.4. The Balaban J connectivity index is 2.02. The van der Waals surface area contributed by atoms with Crippen LogP contribution in [0.25, 0.3) is 5.57 Å². The molecule has 2 aromatic rings. The molecule has 0 saturated heterocycles. The molecule has 138 valence electrons. The van der Waals surface area contributed by atoms with Crippen LogP contribution in [0.2, 0.25) is 0 Å². The fourth-order valence-corrected chi connectivity index (χ4v) is 2.33. The van der Waals surface area contributed by atoms with Gasteiger partial charge in [0.2, 0.25) is 0 Å². The molecular weight excluding hydrogens is 328 g/mol. The average molecular weight is 354 g/mol. The summed E-state index contributed by atoms with van der Waals surface area (Å²) in [7, 11) is 0. The van der Waals surface area contributed by atoms with Gasteiger partial charge < -0.3 is 20.1 Å². The smallest absolute Gasteiger partial charge is 0.178 e. The third-order valence-corrected chi connectivity index (χ3v) is 3.82. The second-order valence-corrected chi connectivity index (χ2v) is 6.79. The van der Waals surface area contributed by atoms with E-state index in [2.05, 4.69) is 6.07 Å². The summed E-state index contributed by atoms with van der Waals surface area (Å²) in [5.41, 5.74) is 2.82. The summed E-state index contributed by atoms with van der Waals surface area (Å²) in [6.07, 6.45) is 4.10. The van der Waals surface area contributed by atoms with Crippen molar-refractivity contribution in [1.82, 2.24) is 0 Å². The van der Waals surface area contributed by atoms with E-state index in [0.717, 1.165) is 16.7 Å². The normalized spacial score (nSPS) is 12.8. The third-order valence-electron chi connectivity index (χ3n) is 3.82. The predicted octanol–water partition coefficient (Wildman–Crippen LogP) is 3.98. The first-order chi connectivity index (χ1) is 12.2. The zero-order valence-corrected chi connectivity index (χ0v) is 15.4. The zero-order chi connectivity index (χ0) is 19.2. The van der Waals surface area contributed by atoms with Crippen molar-refractivity contribution in [3.05, 3.63) is 83.4 Å². The van der Waals surface area contributed by atoms with Crippen molar-refractivity contribution in [2.45, 2.75) is 39.3 Å². The van der Waals surface area contributed by atoms with Crippen LogP contribution in [-0.2, 0) is 6.61 Å². The third kappa shape index (κ3) is 6.48. The molecule has 0 aliphatic rings. The van der Waals surface area contributed by atoms with Crippen LogP contribution >= 0.6 is 0 Å². The van der Waals surface area contributed by atoms with Crippen LogP contribution in [0.1, 0.15) is 43.8 Å². The van der Waals surface area contributed by atoms with Crippen molar-refractivity contribution < 1.29 is 20.1 Å². The van der Waals surface area contributed by atoms with Gasteiger partial charge in [-0.2, -0.15) is 0 Å². The number of rotatable bonds is 7. The molecule has 0 amide bonds. The first-order valence-corrected chi connectivity index (χ1v) is 8.51. The largest absolute Gasteiger partial charge is 0.489 e. The van der Waals surface area contributed by atoms with E-state index >= 15 is 0 Å². The lowest BCUT2D eigenvalue weighted by molar-refractivity contribution is -0.0425. The van der Waals surface area contributed by atoms with Gasteiger partial charge in [-0.05, 0) is 55.7 Å². The van der Waals surface area contributed by atoms with Gasteiger partial charge in [0.25, 0.3) is 0 Å². The van der Waals surface area contributed by atoms with Crippen molar-refractivity contribution in [3.63, 3.8) is 0 Å². The Kier molecular flexibility index (Phi) is 6.75. The average Bonchev–Trinajstić information content (AvgIpc) is 2.59. The molecule has 0 saturated carbocycles. The van der Waals surface area contributed by atoms with E-state index in [4.69, 9.17) is 14.9 Å². The Hall–Kier alpha value is -2.40. The Labute approximate surface area is 154 Å². The molecule has 26 heavy (non-hydrogen) atoms. The van der Waals surface area contributed by atoms with Crippen LogP contribution in [0.15, 0.2) is 66.8 Å². The van der Waals surface area contributed by atoms with E-state index in [0.29, 0.717) is 17.9 Å². The molecule has 3 N–H and O–H groups in total. The fraction of sp³-hybridized carbons (Fsp3) is 0.273.